The number of nitrogens with zero attached hydrogens (tertiary/aromatic N) is 5. The minimum atomic E-state index is -1.25. The number of anilines is 1. The molecule has 0 saturated carbocycles. The fraction of sp³-hybridized carbons (Fsp3) is 0.281. The van der Waals surface area contributed by atoms with Gasteiger partial charge >= 0.3 is 6.09 Å². The second-order valence-electron chi connectivity index (χ2n) is 10.7. The number of imidazole rings is 1. The SMILES string of the molecule is CN(C)C(=O)C=CCCC(OC(=O)N(C)C)C(=O)Nc1cccn(Cc2nc3ccc(F)cc3n2Cc2ccc(F)cc2)c1=O. The second-order valence-corrected chi connectivity index (χ2v) is 10.7. The van der Waals surface area contributed by atoms with Crippen LogP contribution in [0.1, 0.15) is 24.2 Å². The first-order valence-electron chi connectivity index (χ1n) is 14.1. The molecule has 0 radical (unpaired) electrons. The fourth-order valence-corrected chi connectivity index (χ4v) is 4.39. The lowest BCUT2D eigenvalue weighted by Gasteiger charge is -2.20. The number of likely N-dealkylation sites (N-methyl/N-ethyl adjacent to an activating group) is 1. The van der Waals surface area contributed by atoms with Crippen LogP contribution < -0.4 is 10.9 Å². The molecule has 2 aromatic heterocycles. The van der Waals surface area contributed by atoms with E-state index in [0.717, 1.165) is 5.56 Å². The largest absolute Gasteiger partial charge is 0.436 e. The number of pyridine rings is 1. The molecular formula is C32H34F2N6O5. The molecule has 2 heterocycles. The summed E-state index contributed by atoms with van der Waals surface area (Å²) in [5, 5.41) is 2.56. The van der Waals surface area contributed by atoms with Gasteiger partial charge in [0.15, 0.2) is 6.10 Å². The van der Waals surface area contributed by atoms with Crippen molar-refractivity contribution in [1.29, 1.82) is 0 Å². The molecule has 0 fully saturated rings. The summed E-state index contributed by atoms with van der Waals surface area (Å²) in [6.07, 6.45) is 2.78. The zero-order chi connectivity index (χ0) is 32.7. The van der Waals surface area contributed by atoms with Gasteiger partial charge in [0.1, 0.15) is 23.1 Å². The summed E-state index contributed by atoms with van der Waals surface area (Å²) in [7, 11) is 6.16. The van der Waals surface area contributed by atoms with Crippen LogP contribution in [-0.4, -0.2) is 76.1 Å². The van der Waals surface area contributed by atoms with Gasteiger partial charge in [0.05, 0.1) is 17.6 Å². The minimum Gasteiger partial charge on any atom is -0.436 e. The van der Waals surface area contributed by atoms with Gasteiger partial charge in [0.2, 0.25) is 5.91 Å². The number of benzene rings is 2. The number of halogens is 2. The van der Waals surface area contributed by atoms with Crippen molar-refractivity contribution >= 4 is 34.6 Å². The Morgan fingerprint density at radius 3 is 2.38 bits per heavy atom. The maximum Gasteiger partial charge on any atom is 0.410 e. The number of allylic oxidation sites excluding steroid dienone is 1. The highest BCUT2D eigenvalue weighted by molar-refractivity contribution is 5.95. The van der Waals surface area contributed by atoms with E-state index < -0.39 is 29.5 Å². The van der Waals surface area contributed by atoms with Crippen LogP contribution in [0.2, 0.25) is 0 Å². The minimum absolute atomic E-state index is 0.0240. The predicted molar refractivity (Wildman–Crippen MR) is 165 cm³/mol. The standard InChI is InChI=1S/C32H34F2N6O5/c1-37(2)29(41)10-6-5-9-27(45-32(44)38(3)4)30(42)36-25-8-7-17-39(31(25)43)20-28-35-24-16-15-23(34)18-26(24)40(28)19-21-11-13-22(33)14-12-21/h6-8,10-18,27H,5,9,19-20H2,1-4H3,(H,36,42). The molecule has 1 atom stereocenters. The highest BCUT2D eigenvalue weighted by Gasteiger charge is 2.25. The highest BCUT2D eigenvalue weighted by Crippen LogP contribution is 2.21. The van der Waals surface area contributed by atoms with Crippen LogP contribution in [0, 0.1) is 11.6 Å². The Morgan fingerprint density at radius 2 is 1.69 bits per heavy atom. The summed E-state index contributed by atoms with van der Waals surface area (Å²) < 4.78 is 36.1. The van der Waals surface area contributed by atoms with E-state index in [9.17, 15) is 28.0 Å². The Morgan fingerprint density at radius 1 is 0.978 bits per heavy atom. The lowest BCUT2D eigenvalue weighted by atomic mass is 10.1. The molecule has 236 valence electrons. The van der Waals surface area contributed by atoms with Crippen LogP contribution >= 0.6 is 0 Å². The monoisotopic (exact) mass is 620 g/mol. The maximum absolute atomic E-state index is 14.2. The molecule has 0 saturated heterocycles. The smallest absolute Gasteiger partial charge is 0.410 e. The molecule has 1 N–H and O–H groups in total. The average Bonchev–Trinajstić information content (AvgIpc) is 3.32. The van der Waals surface area contributed by atoms with E-state index in [2.05, 4.69) is 10.3 Å². The van der Waals surface area contributed by atoms with Gasteiger partial charge in [-0.3, -0.25) is 14.4 Å². The van der Waals surface area contributed by atoms with Crippen molar-refractivity contribution in [3.63, 3.8) is 0 Å². The number of ether oxygens (including phenoxy) is 1. The normalized spacial score (nSPS) is 11.9. The van der Waals surface area contributed by atoms with Crippen LogP contribution in [0.15, 0.2) is 77.7 Å². The molecule has 0 spiro atoms. The van der Waals surface area contributed by atoms with Gasteiger partial charge in [-0.05, 0) is 66.9 Å². The van der Waals surface area contributed by atoms with Gasteiger partial charge in [-0.1, -0.05) is 18.2 Å². The molecular weight excluding hydrogens is 586 g/mol. The van der Waals surface area contributed by atoms with Crippen molar-refractivity contribution in [1.82, 2.24) is 23.9 Å². The number of carbonyl (C=O) groups is 3. The Bertz CT molecular complexity index is 1780. The number of amides is 3. The molecule has 13 heteroatoms. The van der Waals surface area contributed by atoms with E-state index >= 15 is 0 Å². The number of rotatable bonds is 11. The first-order valence-corrected chi connectivity index (χ1v) is 14.1. The molecule has 11 nitrogen and oxygen atoms in total. The van der Waals surface area contributed by atoms with Gasteiger partial charge in [-0.15, -0.1) is 0 Å². The highest BCUT2D eigenvalue weighted by atomic mass is 19.1. The van der Waals surface area contributed by atoms with Gasteiger partial charge in [0, 0.05) is 40.9 Å². The van der Waals surface area contributed by atoms with E-state index in [1.54, 1.807) is 42.9 Å². The molecule has 0 aliphatic rings. The fourth-order valence-electron chi connectivity index (χ4n) is 4.39. The van der Waals surface area contributed by atoms with Crippen LogP contribution in [0.25, 0.3) is 11.0 Å². The van der Waals surface area contributed by atoms with E-state index in [1.165, 1.54) is 77.1 Å². The molecule has 4 rings (SSSR count). The Kier molecular flexibility index (Phi) is 10.4. The third-order valence-corrected chi connectivity index (χ3v) is 6.83. The van der Waals surface area contributed by atoms with Gasteiger partial charge in [0.25, 0.3) is 11.5 Å². The maximum atomic E-state index is 14.2. The number of hydrogen-bond acceptors (Lipinski definition) is 6. The number of nitrogens with one attached hydrogen (secondary N) is 1. The van der Waals surface area contributed by atoms with E-state index in [0.29, 0.717) is 16.9 Å². The molecule has 0 aliphatic carbocycles. The van der Waals surface area contributed by atoms with Crippen molar-refractivity contribution < 1.29 is 27.9 Å². The molecule has 4 aromatic rings. The summed E-state index contributed by atoms with van der Waals surface area (Å²) in [4.78, 5) is 58.0. The Labute approximate surface area is 258 Å². The van der Waals surface area contributed by atoms with Crippen molar-refractivity contribution in [3.05, 3.63) is 106 Å². The quantitative estimate of drug-likeness (QED) is 0.253. The summed E-state index contributed by atoms with van der Waals surface area (Å²) in [6, 6.07) is 13.0. The Hall–Kier alpha value is -5.33. The molecule has 3 amide bonds. The molecule has 1 unspecified atom stereocenters. The summed E-state index contributed by atoms with van der Waals surface area (Å²) in [5.41, 5.74) is 1.15. The number of carbonyl (C=O) groups excluding carboxylic acids is 3. The van der Waals surface area contributed by atoms with Crippen molar-refractivity contribution in [2.75, 3.05) is 33.5 Å². The molecule has 0 aliphatic heterocycles. The lowest BCUT2D eigenvalue weighted by Crippen LogP contribution is -2.37. The van der Waals surface area contributed by atoms with Gasteiger partial charge in [-0.2, -0.15) is 0 Å². The topological polar surface area (TPSA) is 119 Å². The lowest BCUT2D eigenvalue weighted by molar-refractivity contribution is -0.125. The van der Waals surface area contributed by atoms with Crippen molar-refractivity contribution in [2.24, 2.45) is 0 Å². The van der Waals surface area contributed by atoms with Crippen molar-refractivity contribution in [2.45, 2.75) is 32.0 Å². The van der Waals surface area contributed by atoms with Gasteiger partial charge in [-0.25, -0.2) is 18.6 Å². The first kappa shape index (κ1) is 32.6. The van der Waals surface area contributed by atoms with E-state index in [-0.39, 0.29) is 43.3 Å². The zero-order valence-electron chi connectivity index (χ0n) is 25.4. The summed E-state index contributed by atoms with van der Waals surface area (Å²) >= 11 is 0. The van der Waals surface area contributed by atoms with Crippen LogP contribution in [0.3, 0.4) is 0 Å². The summed E-state index contributed by atoms with van der Waals surface area (Å²) in [5.74, 6) is -1.36. The van der Waals surface area contributed by atoms with Crippen LogP contribution in [0.4, 0.5) is 19.3 Å². The number of hydrogen-bond donors (Lipinski definition) is 1. The van der Waals surface area contributed by atoms with E-state index in [4.69, 9.17) is 4.74 Å². The molecule has 0 bridgehead atoms. The molecule has 2 aromatic carbocycles. The molecule has 45 heavy (non-hydrogen) atoms. The number of aromatic nitrogens is 3. The third kappa shape index (κ3) is 8.40. The second kappa shape index (κ2) is 14.4. The zero-order valence-corrected chi connectivity index (χ0v) is 25.4. The van der Waals surface area contributed by atoms with E-state index in [1.807, 2.05) is 0 Å². The third-order valence-electron chi connectivity index (χ3n) is 6.83. The average molecular weight is 621 g/mol. The van der Waals surface area contributed by atoms with Crippen LogP contribution in [-0.2, 0) is 27.4 Å². The van der Waals surface area contributed by atoms with Gasteiger partial charge < -0.3 is 29.0 Å². The first-order chi connectivity index (χ1) is 21.4. The predicted octanol–water partition coefficient (Wildman–Crippen LogP) is 4.00. The van der Waals surface area contributed by atoms with Crippen LogP contribution in [0.5, 0.6) is 0 Å². The number of fused-ring (bicyclic) bond motifs is 1. The summed E-state index contributed by atoms with van der Waals surface area (Å²) in [6.45, 7) is 0.220. The Balaban J connectivity index is 1.58. The van der Waals surface area contributed by atoms with Crippen molar-refractivity contribution in [3.8, 4) is 0 Å².